The molecule has 0 bridgehead atoms. The molecule has 34 heavy (non-hydrogen) atoms. The van der Waals surface area contributed by atoms with Crippen molar-refractivity contribution in [3.8, 4) is 11.1 Å². The molecule has 6 nitrogen and oxygen atoms in total. The van der Waals surface area contributed by atoms with Crippen molar-refractivity contribution in [3.05, 3.63) is 102 Å². The van der Waals surface area contributed by atoms with Crippen LogP contribution in [-0.4, -0.2) is 27.2 Å². The number of aryl methyl sites for hydroxylation is 3. The van der Waals surface area contributed by atoms with E-state index in [0.29, 0.717) is 12.4 Å². The molecule has 0 spiro atoms. The highest BCUT2D eigenvalue weighted by Crippen LogP contribution is 2.25. The third kappa shape index (κ3) is 5.58. The summed E-state index contributed by atoms with van der Waals surface area (Å²) in [7, 11) is 1.89. The predicted octanol–water partition coefficient (Wildman–Crippen LogP) is 5.17. The number of rotatable bonds is 8. The van der Waals surface area contributed by atoms with E-state index in [2.05, 4.69) is 58.8 Å². The van der Waals surface area contributed by atoms with E-state index < -0.39 is 6.04 Å². The van der Waals surface area contributed by atoms with E-state index in [0.717, 1.165) is 22.3 Å². The number of pyridine rings is 1. The van der Waals surface area contributed by atoms with E-state index in [4.69, 9.17) is 0 Å². The van der Waals surface area contributed by atoms with Crippen LogP contribution in [0.15, 0.2) is 79.3 Å². The Labute approximate surface area is 201 Å². The van der Waals surface area contributed by atoms with Crippen LogP contribution in [0.3, 0.4) is 0 Å². The Morgan fingerprint density at radius 2 is 1.74 bits per heavy atom. The molecule has 0 aliphatic carbocycles. The molecule has 2 aromatic heterocycles. The van der Waals surface area contributed by atoms with Crippen molar-refractivity contribution in [2.45, 2.75) is 32.7 Å². The molecular weight excluding hydrogens is 422 g/mol. The third-order valence-electron chi connectivity index (χ3n) is 6.05. The molecule has 2 N–H and O–H groups in total. The first-order chi connectivity index (χ1) is 16.4. The SMILES string of the molecule is Cc1ccc([C@H](C)CN[C@@H](C(=O)Nc2cc(C)c(-c3cnn(C)c3)cn2)c2ccccc2)cc1. The zero-order chi connectivity index (χ0) is 24.1. The smallest absolute Gasteiger partial charge is 0.247 e. The predicted molar refractivity (Wildman–Crippen MR) is 137 cm³/mol. The quantitative estimate of drug-likeness (QED) is 0.386. The Morgan fingerprint density at radius 3 is 2.38 bits per heavy atom. The number of hydrogen-bond donors (Lipinski definition) is 2. The zero-order valence-electron chi connectivity index (χ0n) is 20.1. The number of nitrogens with one attached hydrogen (secondary N) is 2. The molecule has 0 aliphatic heterocycles. The molecule has 0 unspecified atom stereocenters. The maximum Gasteiger partial charge on any atom is 0.247 e. The molecule has 174 valence electrons. The molecule has 1 amide bonds. The molecule has 2 atom stereocenters. The van der Waals surface area contributed by atoms with Gasteiger partial charge in [0.2, 0.25) is 5.91 Å². The van der Waals surface area contributed by atoms with Gasteiger partial charge in [0.05, 0.1) is 6.20 Å². The molecule has 0 radical (unpaired) electrons. The third-order valence-corrected chi connectivity index (χ3v) is 6.05. The van der Waals surface area contributed by atoms with Crippen molar-refractivity contribution in [1.82, 2.24) is 20.1 Å². The van der Waals surface area contributed by atoms with Gasteiger partial charge in [0, 0.05) is 37.1 Å². The van der Waals surface area contributed by atoms with Crippen LogP contribution in [0, 0.1) is 13.8 Å². The van der Waals surface area contributed by atoms with Crippen molar-refractivity contribution in [2.75, 3.05) is 11.9 Å². The minimum atomic E-state index is -0.491. The molecule has 4 aromatic rings. The van der Waals surface area contributed by atoms with E-state index in [1.807, 2.05) is 62.8 Å². The highest BCUT2D eigenvalue weighted by molar-refractivity contribution is 5.95. The van der Waals surface area contributed by atoms with Crippen molar-refractivity contribution in [2.24, 2.45) is 7.05 Å². The van der Waals surface area contributed by atoms with Gasteiger partial charge in [-0.3, -0.25) is 9.48 Å². The normalized spacial score (nSPS) is 12.8. The van der Waals surface area contributed by atoms with Crippen molar-refractivity contribution in [3.63, 3.8) is 0 Å². The van der Waals surface area contributed by atoms with Crippen molar-refractivity contribution in [1.29, 1.82) is 0 Å². The van der Waals surface area contributed by atoms with Crippen LogP contribution < -0.4 is 10.6 Å². The topological polar surface area (TPSA) is 71.8 Å². The largest absolute Gasteiger partial charge is 0.309 e. The lowest BCUT2D eigenvalue weighted by Gasteiger charge is -2.21. The summed E-state index contributed by atoms with van der Waals surface area (Å²) in [6, 6.07) is 19.7. The Morgan fingerprint density at radius 1 is 1.00 bits per heavy atom. The lowest BCUT2D eigenvalue weighted by molar-refractivity contribution is -0.118. The zero-order valence-corrected chi connectivity index (χ0v) is 20.1. The van der Waals surface area contributed by atoms with Crippen LogP contribution in [0.5, 0.6) is 0 Å². The average molecular weight is 454 g/mol. The molecule has 0 saturated carbocycles. The van der Waals surface area contributed by atoms with Gasteiger partial charge < -0.3 is 10.6 Å². The number of amides is 1. The second-order valence-corrected chi connectivity index (χ2v) is 8.84. The van der Waals surface area contributed by atoms with Gasteiger partial charge >= 0.3 is 0 Å². The van der Waals surface area contributed by atoms with Crippen LogP contribution in [0.4, 0.5) is 5.82 Å². The lowest BCUT2D eigenvalue weighted by atomic mass is 9.98. The number of benzene rings is 2. The Bertz CT molecular complexity index is 1250. The monoisotopic (exact) mass is 453 g/mol. The first-order valence-electron chi connectivity index (χ1n) is 11.5. The summed E-state index contributed by atoms with van der Waals surface area (Å²) < 4.78 is 1.76. The molecular formula is C28H31N5O. The van der Waals surface area contributed by atoms with Gasteiger partial charge in [0.25, 0.3) is 0 Å². The average Bonchev–Trinajstić information content (AvgIpc) is 3.26. The summed E-state index contributed by atoms with van der Waals surface area (Å²) in [6.45, 7) is 6.93. The highest BCUT2D eigenvalue weighted by Gasteiger charge is 2.22. The van der Waals surface area contributed by atoms with Crippen molar-refractivity contribution >= 4 is 11.7 Å². The Hall–Kier alpha value is -3.77. The first kappa shape index (κ1) is 23.4. The van der Waals surface area contributed by atoms with Crippen LogP contribution in [0.2, 0.25) is 0 Å². The standard InChI is InChI=1S/C28H31N5O/c1-19-10-12-22(13-11-19)21(3)15-30-27(23-8-6-5-7-9-23)28(34)32-26-14-20(2)25(17-29-26)24-16-31-33(4)18-24/h5-14,16-18,21,27,30H,15H2,1-4H3,(H,29,32,34)/t21-,27-/m1/s1. The van der Waals surface area contributed by atoms with E-state index in [9.17, 15) is 4.79 Å². The molecule has 0 fully saturated rings. The molecule has 6 heteroatoms. The fraction of sp³-hybridized carbons (Fsp3) is 0.250. The molecule has 4 rings (SSSR count). The van der Waals surface area contributed by atoms with Crippen LogP contribution in [0.1, 0.15) is 41.1 Å². The van der Waals surface area contributed by atoms with E-state index in [-0.39, 0.29) is 11.8 Å². The fourth-order valence-corrected chi connectivity index (χ4v) is 4.00. The number of aromatic nitrogens is 3. The van der Waals surface area contributed by atoms with Gasteiger partial charge in [-0.05, 0) is 42.5 Å². The number of hydrogen-bond acceptors (Lipinski definition) is 4. The lowest BCUT2D eigenvalue weighted by Crippen LogP contribution is -2.35. The second-order valence-electron chi connectivity index (χ2n) is 8.84. The summed E-state index contributed by atoms with van der Waals surface area (Å²) in [5.41, 5.74) is 6.42. The second kappa shape index (κ2) is 10.4. The minimum absolute atomic E-state index is 0.136. The maximum atomic E-state index is 13.3. The van der Waals surface area contributed by atoms with Gasteiger partial charge in [-0.25, -0.2) is 4.98 Å². The summed E-state index contributed by atoms with van der Waals surface area (Å²) in [4.78, 5) is 17.8. The van der Waals surface area contributed by atoms with Gasteiger partial charge in [-0.1, -0.05) is 67.1 Å². The fourth-order valence-electron chi connectivity index (χ4n) is 4.00. The number of anilines is 1. The van der Waals surface area contributed by atoms with Crippen LogP contribution in [0.25, 0.3) is 11.1 Å². The number of carbonyl (C=O) groups is 1. The summed E-state index contributed by atoms with van der Waals surface area (Å²) >= 11 is 0. The number of nitrogens with zero attached hydrogens (tertiary/aromatic N) is 3. The summed E-state index contributed by atoms with van der Waals surface area (Å²) in [6.07, 6.45) is 5.55. The molecule has 2 aromatic carbocycles. The Balaban J connectivity index is 1.49. The highest BCUT2D eigenvalue weighted by atomic mass is 16.2. The van der Waals surface area contributed by atoms with Gasteiger partial charge in [-0.2, -0.15) is 5.10 Å². The number of carbonyl (C=O) groups excluding carboxylic acids is 1. The van der Waals surface area contributed by atoms with Gasteiger partial charge in [0.15, 0.2) is 0 Å². The van der Waals surface area contributed by atoms with Crippen molar-refractivity contribution < 1.29 is 4.79 Å². The van der Waals surface area contributed by atoms with Gasteiger partial charge in [-0.15, -0.1) is 0 Å². The van der Waals surface area contributed by atoms with Gasteiger partial charge in [0.1, 0.15) is 11.9 Å². The maximum absolute atomic E-state index is 13.3. The van der Waals surface area contributed by atoms with E-state index in [1.165, 1.54) is 11.1 Å². The van der Waals surface area contributed by atoms with E-state index in [1.54, 1.807) is 10.9 Å². The minimum Gasteiger partial charge on any atom is -0.309 e. The summed E-state index contributed by atoms with van der Waals surface area (Å²) in [5.74, 6) is 0.659. The first-order valence-corrected chi connectivity index (χ1v) is 11.5. The van der Waals surface area contributed by atoms with Crippen LogP contribution >= 0.6 is 0 Å². The molecule has 2 heterocycles. The molecule has 0 aliphatic rings. The Kier molecular flexibility index (Phi) is 7.18. The molecule has 0 saturated heterocycles. The summed E-state index contributed by atoms with van der Waals surface area (Å²) in [5, 5.41) is 10.7. The van der Waals surface area contributed by atoms with E-state index >= 15 is 0 Å². The van der Waals surface area contributed by atoms with Crippen LogP contribution in [-0.2, 0) is 11.8 Å².